The summed E-state index contributed by atoms with van der Waals surface area (Å²) >= 11 is 0. The number of hydrogen-bond acceptors (Lipinski definition) is 3. The molecule has 84 valence electrons. The molecule has 3 heteroatoms. The minimum absolute atomic E-state index is 0.298. The fraction of sp³-hybridized carbons (Fsp3) is 1.00. The second kappa shape index (κ2) is 5.69. The molecule has 0 radical (unpaired) electrons. The molecule has 14 heavy (non-hydrogen) atoms. The largest absolute Gasteiger partial charge is 0.328 e. The van der Waals surface area contributed by atoms with E-state index in [0.717, 1.165) is 18.8 Å². The Labute approximate surface area is 87.8 Å². The molecule has 1 rings (SSSR count). The number of piperidine rings is 1. The van der Waals surface area contributed by atoms with Gasteiger partial charge < -0.3 is 16.4 Å². The van der Waals surface area contributed by atoms with Gasteiger partial charge in [0.25, 0.3) is 0 Å². The highest BCUT2D eigenvalue weighted by Gasteiger charge is 2.22. The monoisotopic (exact) mass is 199 g/mol. The van der Waals surface area contributed by atoms with Gasteiger partial charge in [0.15, 0.2) is 0 Å². The van der Waals surface area contributed by atoms with E-state index in [1.165, 1.54) is 25.9 Å². The molecule has 0 aromatic carbocycles. The van der Waals surface area contributed by atoms with E-state index in [-0.39, 0.29) is 0 Å². The number of hydrogen-bond donors (Lipinski definition) is 2. The minimum atomic E-state index is 0.298. The van der Waals surface area contributed by atoms with Crippen LogP contribution in [0.5, 0.6) is 0 Å². The molecular formula is C11H25N3. The van der Waals surface area contributed by atoms with Crippen LogP contribution < -0.4 is 11.5 Å². The van der Waals surface area contributed by atoms with Gasteiger partial charge in [0, 0.05) is 12.1 Å². The Morgan fingerprint density at radius 2 is 1.79 bits per heavy atom. The molecule has 4 N–H and O–H groups in total. The summed E-state index contributed by atoms with van der Waals surface area (Å²) in [6.45, 7) is 4.47. The van der Waals surface area contributed by atoms with Crippen LogP contribution in [0.4, 0.5) is 0 Å². The predicted octanol–water partition coefficient (Wildman–Crippen LogP) is 0.783. The first-order valence-electron chi connectivity index (χ1n) is 5.79. The lowest BCUT2D eigenvalue weighted by atomic mass is 9.87. The number of rotatable bonds is 4. The maximum atomic E-state index is 6.17. The summed E-state index contributed by atoms with van der Waals surface area (Å²) in [6.07, 6.45) is 4.67. The standard InChI is InChI=1S/C11H25N3/c1-9(12)3-4-11(13)10-5-7-14(2)8-6-10/h9-11H,3-8,12-13H2,1-2H3. The zero-order valence-electron chi connectivity index (χ0n) is 9.58. The van der Waals surface area contributed by atoms with E-state index < -0.39 is 0 Å². The van der Waals surface area contributed by atoms with Gasteiger partial charge in [-0.3, -0.25) is 0 Å². The Hall–Kier alpha value is -0.120. The second-order valence-corrected chi connectivity index (χ2v) is 4.86. The summed E-state index contributed by atoms with van der Waals surface area (Å²) in [5.74, 6) is 0.727. The van der Waals surface area contributed by atoms with Crippen molar-refractivity contribution in [3.63, 3.8) is 0 Å². The molecule has 0 spiro atoms. The van der Waals surface area contributed by atoms with Crippen LogP contribution in [0.3, 0.4) is 0 Å². The average molecular weight is 199 g/mol. The van der Waals surface area contributed by atoms with E-state index in [0.29, 0.717) is 12.1 Å². The maximum absolute atomic E-state index is 6.17. The minimum Gasteiger partial charge on any atom is -0.328 e. The Morgan fingerprint density at radius 3 is 2.29 bits per heavy atom. The van der Waals surface area contributed by atoms with Gasteiger partial charge >= 0.3 is 0 Å². The van der Waals surface area contributed by atoms with Crippen LogP contribution in [-0.2, 0) is 0 Å². The molecule has 3 nitrogen and oxygen atoms in total. The first-order valence-corrected chi connectivity index (χ1v) is 5.79. The van der Waals surface area contributed by atoms with Gasteiger partial charge in [0.05, 0.1) is 0 Å². The zero-order valence-corrected chi connectivity index (χ0v) is 9.58. The molecule has 0 aromatic heterocycles. The van der Waals surface area contributed by atoms with E-state index in [1.807, 2.05) is 0 Å². The Kier molecular flexibility index (Phi) is 4.85. The molecule has 0 amide bonds. The molecule has 1 saturated heterocycles. The van der Waals surface area contributed by atoms with Crippen LogP contribution in [0.1, 0.15) is 32.6 Å². The van der Waals surface area contributed by atoms with Crippen LogP contribution in [0.25, 0.3) is 0 Å². The van der Waals surface area contributed by atoms with Gasteiger partial charge in [-0.1, -0.05) is 0 Å². The van der Waals surface area contributed by atoms with Crippen LogP contribution in [0, 0.1) is 5.92 Å². The summed E-state index contributed by atoms with van der Waals surface area (Å²) < 4.78 is 0. The van der Waals surface area contributed by atoms with Crippen LogP contribution in [0.15, 0.2) is 0 Å². The van der Waals surface area contributed by atoms with Crippen molar-refractivity contribution in [3.05, 3.63) is 0 Å². The van der Waals surface area contributed by atoms with Crippen molar-refractivity contribution in [1.82, 2.24) is 4.90 Å². The first kappa shape index (κ1) is 12.0. The molecule has 1 aliphatic rings. The average Bonchev–Trinajstić information content (AvgIpc) is 2.15. The fourth-order valence-corrected chi connectivity index (χ4v) is 2.15. The molecule has 1 heterocycles. The maximum Gasteiger partial charge on any atom is 0.00686 e. The smallest absolute Gasteiger partial charge is 0.00686 e. The van der Waals surface area contributed by atoms with Gasteiger partial charge in [0.1, 0.15) is 0 Å². The van der Waals surface area contributed by atoms with Crippen molar-refractivity contribution in [3.8, 4) is 0 Å². The van der Waals surface area contributed by atoms with E-state index >= 15 is 0 Å². The van der Waals surface area contributed by atoms with Gasteiger partial charge in [-0.05, 0) is 58.7 Å². The van der Waals surface area contributed by atoms with Gasteiger partial charge in [-0.15, -0.1) is 0 Å². The van der Waals surface area contributed by atoms with E-state index in [1.54, 1.807) is 0 Å². The lowest BCUT2D eigenvalue weighted by Crippen LogP contribution is -2.39. The summed E-state index contributed by atoms with van der Waals surface area (Å²) in [5, 5.41) is 0. The summed E-state index contributed by atoms with van der Waals surface area (Å²) in [7, 11) is 2.18. The normalized spacial score (nSPS) is 24.9. The van der Waals surface area contributed by atoms with Crippen LogP contribution >= 0.6 is 0 Å². The van der Waals surface area contributed by atoms with Crippen molar-refractivity contribution < 1.29 is 0 Å². The molecule has 2 atom stereocenters. The highest BCUT2D eigenvalue weighted by molar-refractivity contribution is 4.79. The molecule has 0 saturated carbocycles. The number of nitrogens with two attached hydrogens (primary N) is 2. The van der Waals surface area contributed by atoms with Crippen molar-refractivity contribution >= 4 is 0 Å². The third-order valence-electron chi connectivity index (χ3n) is 3.32. The second-order valence-electron chi connectivity index (χ2n) is 4.86. The lowest BCUT2D eigenvalue weighted by molar-refractivity contribution is 0.193. The molecule has 1 aliphatic heterocycles. The van der Waals surface area contributed by atoms with Crippen molar-refractivity contribution in [2.75, 3.05) is 20.1 Å². The van der Waals surface area contributed by atoms with Gasteiger partial charge in [0.2, 0.25) is 0 Å². The van der Waals surface area contributed by atoms with Crippen LogP contribution in [0.2, 0.25) is 0 Å². The third kappa shape index (κ3) is 3.95. The fourth-order valence-electron chi connectivity index (χ4n) is 2.15. The van der Waals surface area contributed by atoms with Crippen LogP contribution in [-0.4, -0.2) is 37.1 Å². The SMILES string of the molecule is CC(N)CCC(N)C1CCN(C)CC1. The van der Waals surface area contributed by atoms with E-state index in [4.69, 9.17) is 11.5 Å². The Bertz CT molecular complexity index is 151. The molecule has 2 unspecified atom stereocenters. The molecular weight excluding hydrogens is 174 g/mol. The van der Waals surface area contributed by atoms with Gasteiger partial charge in [-0.25, -0.2) is 0 Å². The Morgan fingerprint density at radius 1 is 1.21 bits per heavy atom. The molecule has 0 aromatic rings. The quantitative estimate of drug-likeness (QED) is 0.703. The molecule has 1 fully saturated rings. The molecule has 0 bridgehead atoms. The Balaban J connectivity index is 2.20. The van der Waals surface area contributed by atoms with Crippen molar-refractivity contribution in [1.29, 1.82) is 0 Å². The number of nitrogens with zero attached hydrogens (tertiary/aromatic N) is 1. The topological polar surface area (TPSA) is 55.3 Å². The lowest BCUT2D eigenvalue weighted by Gasteiger charge is -2.32. The summed E-state index contributed by atoms with van der Waals surface area (Å²) in [6, 6.07) is 0.669. The van der Waals surface area contributed by atoms with E-state index in [9.17, 15) is 0 Å². The first-order chi connectivity index (χ1) is 6.59. The zero-order chi connectivity index (χ0) is 10.6. The highest BCUT2D eigenvalue weighted by Crippen LogP contribution is 2.21. The van der Waals surface area contributed by atoms with Gasteiger partial charge in [-0.2, -0.15) is 0 Å². The third-order valence-corrected chi connectivity index (χ3v) is 3.32. The predicted molar refractivity (Wildman–Crippen MR) is 61.1 cm³/mol. The summed E-state index contributed by atoms with van der Waals surface area (Å²) in [5.41, 5.74) is 11.9. The molecule has 0 aliphatic carbocycles. The van der Waals surface area contributed by atoms with Crippen molar-refractivity contribution in [2.24, 2.45) is 17.4 Å². The highest BCUT2D eigenvalue weighted by atomic mass is 15.1. The summed E-state index contributed by atoms with van der Waals surface area (Å²) in [4.78, 5) is 2.38. The number of likely N-dealkylation sites (tertiary alicyclic amines) is 1. The van der Waals surface area contributed by atoms with Crippen molar-refractivity contribution in [2.45, 2.75) is 44.7 Å². The van der Waals surface area contributed by atoms with E-state index in [2.05, 4.69) is 18.9 Å².